The Morgan fingerprint density at radius 2 is 1.96 bits per heavy atom. The van der Waals surface area contributed by atoms with Gasteiger partial charge in [-0.2, -0.15) is 5.26 Å². The lowest BCUT2D eigenvalue weighted by molar-refractivity contribution is 0.104. The molecule has 3 nitrogen and oxygen atoms in total. The monoisotopic (exact) mass is 320 g/mol. The number of nitrogens with zero attached hydrogens (tertiary/aromatic N) is 1. The van der Waals surface area contributed by atoms with Gasteiger partial charge in [0.05, 0.1) is 11.6 Å². The number of fused-ring (bicyclic) bond motifs is 1. The molecule has 2 aromatic rings. The van der Waals surface area contributed by atoms with Crippen LogP contribution in [0.4, 0.5) is 4.39 Å². The lowest BCUT2D eigenvalue weighted by Gasteiger charge is -2.35. The minimum Gasteiger partial charge on any atom is -0.379 e. The zero-order chi connectivity index (χ0) is 17.3. The molecular formula is C20H17FN2O. The van der Waals surface area contributed by atoms with Crippen LogP contribution < -0.4 is 5.32 Å². The summed E-state index contributed by atoms with van der Waals surface area (Å²) >= 11 is 0. The topological polar surface area (TPSA) is 52.9 Å². The smallest absolute Gasteiger partial charge is 0.187 e. The molecule has 0 aromatic heterocycles. The first-order valence-electron chi connectivity index (χ1n) is 7.71. The Morgan fingerprint density at radius 1 is 1.25 bits per heavy atom. The Bertz CT molecular complexity index is 874. The van der Waals surface area contributed by atoms with Gasteiger partial charge in [0.15, 0.2) is 5.78 Å². The van der Waals surface area contributed by atoms with Crippen molar-refractivity contribution in [2.24, 2.45) is 0 Å². The Kier molecular flexibility index (Phi) is 3.94. The van der Waals surface area contributed by atoms with E-state index in [9.17, 15) is 9.18 Å². The van der Waals surface area contributed by atoms with Crippen molar-refractivity contribution >= 4 is 11.5 Å². The van der Waals surface area contributed by atoms with Gasteiger partial charge in [0, 0.05) is 28.4 Å². The van der Waals surface area contributed by atoms with Crippen molar-refractivity contribution in [3.8, 4) is 6.07 Å². The lowest BCUT2D eigenvalue weighted by Crippen LogP contribution is -2.43. The van der Waals surface area contributed by atoms with Gasteiger partial charge in [0.25, 0.3) is 0 Å². The van der Waals surface area contributed by atoms with Crippen LogP contribution >= 0.6 is 0 Å². The summed E-state index contributed by atoms with van der Waals surface area (Å²) in [6.45, 7) is 4.08. The van der Waals surface area contributed by atoms with Gasteiger partial charge in [0.1, 0.15) is 5.82 Å². The Morgan fingerprint density at radius 3 is 2.62 bits per heavy atom. The molecule has 2 aromatic carbocycles. The summed E-state index contributed by atoms with van der Waals surface area (Å²) in [5, 5.41) is 12.1. The second kappa shape index (κ2) is 5.93. The molecule has 1 heterocycles. The molecule has 120 valence electrons. The van der Waals surface area contributed by atoms with Crippen molar-refractivity contribution < 1.29 is 9.18 Å². The molecule has 1 N–H and O–H groups in total. The molecule has 24 heavy (non-hydrogen) atoms. The van der Waals surface area contributed by atoms with E-state index >= 15 is 0 Å². The van der Waals surface area contributed by atoms with E-state index in [-0.39, 0.29) is 17.1 Å². The van der Waals surface area contributed by atoms with E-state index in [4.69, 9.17) is 5.26 Å². The first-order chi connectivity index (χ1) is 11.4. The van der Waals surface area contributed by atoms with Crippen LogP contribution in [0.3, 0.4) is 0 Å². The van der Waals surface area contributed by atoms with E-state index in [1.54, 1.807) is 30.3 Å². The van der Waals surface area contributed by atoms with Crippen LogP contribution in [-0.2, 0) is 6.42 Å². The number of nitrogens with one attached hydrogen (secondary N) is 1. The van der Waals surface area contributed by atoms with Crippen molar-refractivity contribution in [1.82, 2.24) is 5.32 Å². The van der Waals surface area contributed by atoms with E-state index in [2.05, 4.69) is 5.32 Å². The summed E-state index contributed by atoms with van der Waals surface area (Å²) in [4.78, 5) is 12.5. The molecular weight excluding hydrogens is 303 g/mol. The number of carbonyl (C=O) groups is 1. The number of hydrogen-bond acceptors (Lipinski definition) is 3. The third-order valence-corrected chi connectivity index (χ3v) is 4.04. The SMILES string of the molecule is CC1(C)Cc2ccc(F)cc2C(=CC(=O)c2ccc(C#N)cc2)N1. The predicted molar refractivity (Wildman–Crippen MR) is 90.8 cm³/mol. The Labute approximate surface area is 140 Å². The Balaban J connectivity index is 2.00. The van der Waals surface area contributed by atoms with Crippen LogP contribution in [0.5, 0.6) is 0 Å². The summed E-state index contributed by atoms with van der Waals surface area (Å²) in [6.07, 6.45) is 2.26. The third-order valence-electron chi connectivity index (χ3n) is 4.04. The van der Waals surface area contributed by atoms with Crippen LogP contribution in [0.15, 0.2) is 48.5 Å². The number of hydrogen-bond donors (Lipinski definition) is 1. The number of nitriles is 1. The fourth-order valence-electron chi connectivity index (χ4n) is 2.94. The molecule has 0 bridgehead atoms. The van der Waals surface area contributed by atoms with Crippen molar-refractivity contribution in [2.75, 3.05) is 0 Å². The third kappa shape index (κ3) is 3.21. The summed E-state index contributed by atoms with van der Waals surface area (Å²) < 4.78 is 13.6. The van der Waals surface area contributed by atoms with Crippen LogP contribution in [0.2, 0.25) is 0 Å². The summed E-state index contributed by atoms with van der Waals surface area (Å²) in [6, 6.07) is 13.2. The quantitative estimate of drug-likeness (QED) is 0.675. The highest BCUT2D eigenvalue weighted by Gasteiger charge is 2.28. The minimum absolute atomic E-state index is 0.185. The second-order valence-corrected chi connectivity index (χ2v) is 6.60. The van der Waals surface area contributed by atoms with Crippen LogP contribution in [0, 0.1) is 17.1 Å². The molecule has 3 rings (SSSR count). The van der Waals surface area contributed by atoms with Gasteiger partial charge in [0.2, 0.25) is 0 Å². The number of halogens is 1. The number of rotatable bonds is 2. The summed E-state index contributed by atoms with van der Waals surface area (Å²) in [5.74, 6) is -0.512. The Hall–Kier alpha value is -2.93. The maximum atomic E-state index is 13.6. The molecule has 4 heteroatoms. The van der Waals surface area contributed by atoms with Gasteiger partial charge in [-0.1, -0.05) is 6.07 Å². The maximum Gasteiger partial charge on any atom is 0.187 e. The summed E-state index contributed by atoms with van der Waals surface area (Å²) in [7, 11) is 0. The van der Waals surface area contributed by atoms with Crippen molar-refractivity contribution in [2.45, 2.75) is 25.8 Å². The van der Waals surface area contributed by atoms with E-state index in [0.717, 1.165) is 17.5 Å². The zero-order valence-electron chi connectivity index (χ0n) is 13.6. The number of carbonyl (C=O) groups excluding carboxylic acids is 1. The van der Waals surface area contributed by atoms with Crippen molar-refractivity contribution in [3.05, 3.63) is 76.6 Å². The first kappa shape index (κ1) is 15.9. The van der Waals surface area contributed by atoms with Crippen molar-refractivity contribution in [3.63, 3.8) is 0 Å². The number of benzene rings is 2. The molecule has 0 amide bonds. The van der Waals surface area contributed by atoms with Crippen LogP contribution in [-0.4, -0.2) is 11.3 Å². The fraction of sp³-hybridized carbons (Fsp3) is 0.200. The molecule has 1 aliphatic rings. The van der Waals surface area contributed by atoms with Crippen LogP contribution in [0.1, 0.15) is 40.9 Å². The van der Waals surface area contributed by atoms with Crippen LogP contribution in [0.25, 0.3) is 5.70 Å². The van der Waals surface area contributed by atoms with Gasteiger partial charge < -0.3 is 5.32 Å². The molecule has 0 fully saturated rings. The lowest BCUT2D eigenvalue weighted by atomic mass is 9.85. The molecule has 0 saturated carbocycles. The minimum atomic E-state index is -0.327. The number of ketones is 1. The molecule has 0 unspecified atom stereocenters. The largest absolute Gasteiger partial charge is 0.379 e. The normalized spacial score (nSPS) is 16.8. The fourth-order valence-corrected chi connectivity index (χ4v) is 2.94. The first-order valence-corrected chi connectivity index (χ1v) is 7.71. The van der Waals surface area contributed by atoms with E-state index in [1.807, 2.05) is 19.9 Å². The molecule has 1 aliphatic heterocycles. The highest BCUT2D eigenvalue weighted by atomic mass is 19.1. The second-order valence-electron chi connectivity index (χ2n) is 6.60. The van der Waals surface area contributed by atoms with Crippen molar-refractivity contribution in [1.29, 1.82) is 5.26 Å². The predicted octanol–water partition coefficient (Wildman–Crippen LogP) is 3.85. The molecule has 0 saturated heterocycles. The molecule has 0 atom stereocenters. The molecule has 0 spiro atoms. The zero-order valence-corrected chi connectivity index (χ0v) is 13.6. The average Bonchev–Trinajstić information content (AvgIpc) is 2.55. The maximum absolute atomic E-state index is 13.6. The van der Waals surface area contributed by atoms with Gasteiger partial charge in [-0.25, -0.2) is 4.39 Å². The van der Waals surface area contributed by atoms with E-state index < -0.39 is 0 Å². The average molecular weight is 320 g/mol. The molecule has 0 aliphatic carbocycles. The highest BCUT2D eigenvalue weighted by Crippen LogP contribution is 2.30. The van der Waals surface area contributed by atoms with E-state index in [0.29, 0.717) is 16.8 Å². The van der Waals surface area contributed by atoms with Gasteiger partial charge >= 0.3 is 0 Å². The molecule has 0 radical (unpaired) electrons. The van der Waals surface area contributed by atoms with Gasteiger partial charge in [-0.05, 0) is 62.2 Å². The highest BCUT2D eigenvalue weighted by molar-refractivity contribution is 6.08. The standard InChI is InChI=1S/C20H17FN2O/c1-20(2)11-15-7-8-16(21)9-17(15)18(23-20)10-19(24)14-5-3-13(12-22)4-6-14/h3-10,23H,11H2,1-2H3. The summed E-state index contributed by atoms with van der Waals surface area (Å²) in [5.41, 5.74) is 3.13. The van der Waals surface area contributed by atoms with E-state index in [1.165, 1.54) is 18.2 Å². The van der Waals surface area contributed by atoms with Gasteiger partial charge in [-0.15, -0.1) is 0 Å². The number of allylic oxidation sites excluding steroid dienone is 1. The van der Waals surface area contributed by atoms with Gasteiger partial charge in [-0.3, -0.25) is 4.79 Å².